The van der Waals surface area contributed by atoms with E-state index >= 15 is 0 Å². The van der Waals surface area contributed by atoms with Gasteiger partial charge in [0.15, 0.2) is 0 Å². The summed E-state index contributed by atoms with van der Waals surface area (Å²) in [6.07, 6.45) is 0.826. The van der Waals surface area contributed by atoms with E-state index in [0.717, 1.165) is 6.42 Å². The summed E-state index contributed by atoms with van der Waals surface area (Å²) in [5.74, 6) is -0.0363. The second kappa shape index (κ2) is 4.80. The number of nitrogens with one attached hydrogen (secondary N) is 1. The first kappa shape index (κ1) is 12.9. The van der Waals surface area contributed by atoms with E-state index in [-0.39, 0.29) is 11.5 Å². The fourth-order valence-corrected chi connectivity index (χ4v) is 1.55. The summed E-state index contributed by atoms with van der Waals surface area (Å²) in [7, 11) is 1.65. The molecule has 4 nitrogen and oxygen atoms in total. The molecule has 0 bridgehead atoms. The Labute approximate surface area is 98.8 Å². The number of alkyl halides is 1. The second-order valence-corrected chi connectivity index (χ2v) is 6.33. The van der Waals surface area contributed by atoms with Crippen LogP contribution in [0.25, 0.3) is 0 Å². The summed E-state index contributed by atoms with van der Waals surface area (Å²) in [6.45, 7) is 5.37. The maximum absolute atomic E-state index is 11.6. The zero-order valence-corrected chi connectivity index (χ0v) is 11.0. The van der Waals surface area contributed by atoms with Crippen LogP contribution in [0.5, 0.6) is 0 Å². The maximum Gasteiger partial charge on any atom is 0.236 e. The first-order valence-corrected chi connectivity index (χ1v) is 5.79. The lowest BCUT2D eigenvalue weighted by Crippen LogP contribution is -2.48. The van der Waals surface area contributed by atoms with Crippen molar-refractivity contribution in [3.05, 3.63) is 0 Å². The first-order valence-electron chi connectivity index (χ1n) is 5.00. The quantitative estimate of drug-likeness (QED) is 0.784. The molecular formula is C10H18BrNO3. The van der Waals surface area contributed by atoms with E-state index in [2.05, 4.69) is 21.2 Å². The zero-order chi connectivity index (χ0) is 11.5. The predicted octanol–water partition coefficient (Wildman–Crippen LogP) is 1.08. The Morgan fingerprint density at radius 1 is 1.67 bits per heavy atom. The van der Waals surface area contributed by atoms with E-state index < -0.39 is 4.32 Å². The van der Waals surface area contributed by atoms with Gasteiger partial charge in [-0.25, -0.2) is 0 Å². The highest BCUT2D eigenvalue weighted by Gasteiger charge is 2.36. The fourth-order valence-electron chi connectivity index (χ4n) is 1.41. The van der Waals surface area contributed by atoms with Crippen molar-refractivity contribution in [2.75, 3.05) is 26.9 Å². The second-order valence-electron chi connectivity index (χ2n) is 4.34. The number of ether oxygens (including phenoxy) is 2. The molecule has 0 radical (unpaired) electrons. The van der Waals surface area contributed by atoms with Gasteiger partial charge in [0.1, 0.15) is 5.60 Å². The minimum absolute atomic E-state index is 0.0363. The normalized spacial score (nSPS) is 26.7. The van der Waals surface area contributed by atoms with Crippen LogP contribution in [0, 0.1) is 0 Å². The molecule has 1 N–H and O–H groups in total. The van der Waals surface area contributed by atoms with Crippen LogP contribution >= 0.6 is 15.9 Å². The molecule has 1 saturated heterocycles. The van der Waals surface area contributed by atoms with E-state index in [1.54, 1.807) is 7.11 Å². The number of halogens is 1. The molecule has 5 heteroatoms. The molecule has 0 aromatic heterocycles. The number of methoxy groups -OCH3 is 1. The number of carbonyl (C=O) groups excluding carboxylic acids is 1. The summed E-state index contributed by atoms with van der Waals surface area (Å²) < 4.78 is 10.1. The number of carbonyl (C=O) groups is 1. The van der Waals surface area contributed by atoms with Crippen molar-refractivity contribution in [1.29, 1.82) is 0 Å². The monoisotopic (exact) mass is 279 g/mol. The van der Waals surface area contributed by atoms with Crippen LogP contribution < -0.4 is 5.32 Å². The SMILES string of the molecule is COC1(CNC(=O)C(C)(C)Br)CCOC1. The molecule has 1 heterocycles. The van der Waals surface area contributed by atoms with E-state index in [1.165, 1.54) is 0 Å². The van der Waals surface area contributed by atoms with Gasteiger partial charge in [0.25, 0.3) is 0 Å². The van der Waals surface area contributed by atoms with Crippen molar-refractivity contribution in [2.45, 2.75) is 30.2 Å². The van der Waals surface area contributed by atoms with Gasteiger partial charge >= 0.3 is 0 Å². The Hall–Kier alpha value is -0.130. The smallest absolute Gasteiger partial charge is 0.236 e. The van der Waals surface area contributed by atoms with E-state index in [9.17, 15) is 4.79 Å². The van der Waals surface area contributed by atoms with Crippen LogP contribution in [-0.2, 0) is 14.3 Å². The average molecular weight is 280 g/mol. The summed E-state index contributed by atoms with van der Waals surface area (Å²) in [6, 6.07) is 0. The summed E-state index contributed by atoms with van der Waals surface area (Å²) in [4.78, 5) is 11.6. The van der Waals surface area contributed by atoms with Crippen molar-refractivity contribution in [3.63, 3.8) is 0 Å². The van der Waals surface area contributed by atoms with Crippen LogP contribution in [0.4, 0.5) is 0 Å². The van der Waals surface area contributed by atoms with Gasteiger partial charge in [-0.2, -0.15) is 0 Å². The average Bonchev–Trinajstić information content (AvgIpc) is 2.62. The zero-order valence-electron chi connectivity index (χ0n) is 9.43. The third-order valence-corrected chi connectivity index (χ3v) is 2.97. The van der Waals surface area contributed by atoms with E-state index in [0.29, 0.717) is 19.8 Å². The maximum atomic E-state index is 11.6. The van der Waals surface area contributed by atoms with Gasteiger partial charge in [0.2, 0.25) is 5.91 Å². The molecule has 0 aromatic rings. The van der Waals surface area contributed by atoms with Crippen molar-refractivity contribution in [3.8, 4) is 0 Å². The van der Waals surface area contributed by atoms with Gasteiger partial charge in [-0.05, 0) is 13.8 Å². The van der Waals surface area contributed by atoms with Crippen LogP contribution in [0.3, 0.4) is 0 Å². The fraction of sp³-hybridized carbons (Fsp3) is 0.900. The molecule has 1 unspecified atom stereocenters. The number of hydrogen-bond donors (Lipinski definition) is 1. The molecule has 1 amide bonds. The molecule has 1 aliphatic rings. The molecule has 15 heavy (non-hydrogen) atoms. The lowest BCUT2D eigenvalue weighted by Gasteiger charge is -2.27. The molecule has 1 fully saturated rings. The number of amides is 1. The van der Waals surface area contributed by atoms with Crippen LogP contribution in [-0.4, -0.2) is 42.7 Å². The number of rotatable bonds is 4. The lowest BCUT2D eigenvalue weighted by atomic mass is 10.0. The molecule has 0 spiro atoms. The van der Waals surface area contributed by atoms with Crippen molar-refractivity contribution >= 4 is 21.8 Å². The molecule has 1 atom stereocenters. The topological polar surface area (TPSA) is 47.6 Å². The highest BCUT2D eigenvalue weighted by atomic mass is 79.9. The van der Waals surface area contributed by atoms with Crippen molar-refractivity contribution in [2.24, 2.45) is 0 Å². The molecule has 1 aliphatic heterocycles. The van der Waals surface area contributed by atoms with Gasteiger partial charge < -0.3 is 14.8 Å². The minimum atomic E-state index is -0.540. The number of hydrogen-bond acceptors (Lipinski definition) is 3. The van der Waals surface area contributed by atoms with Gasteiger partial charge in [0, 0.05) is 26.7 Å². The Balaban J connectivity index is 2.45. The van der Waals surface area contributed by atoms with Gasteiger partial charge in [-0.1, -0.05) is 15.9 Å². The van der Waals surface area contributed by atoms with E-state index in [4.69, 9.17) is 9.47 Å². The third-order valence-electron chi connectivity index (χ3n) is 2.61. The van der Waals surface area contributed by atoms with Crippen LogP contribution in [0.1, 0.15) is 20.3 Å². The molecule has 1 rings (SSSR count). The summed E-state index contributed by atoms with van der Waals surface area (Å²) in [5.41, 5.74) is -0.339. The van der Waals surface area contributed by atoms with Crippen molar-refractivity contribution < 1.29 is 14.3 Å². The van der Waals surface area contributed by atoms with Crippen LogP contribution in [0.15, 0.2) is 0 Å². The Bertz CT molecular complexity index is 231. The highest BCUT2D eigenvalue weighted by molar-refractivity contribution is 9.10. The molecular weight excluding hydrogens is 262 g/mol. The van der Waals surface area contributed by atoms with Gasteiger partial charge in [0.05, 0.1) is 10.9 Å². The molecule has 0 saturated carbocycles. The van der Waals surface area contributed by atoms with Gasteiger partial charge in [-0.15, -0.1) is 0 Å². The predicted molar refractivity (Wildman–Crippen MR) is 61.2 cm³/mol. The van der Waals surface area contributed by atoms with Crippen molar-refractivity contribution in [1.82, 2.24) is 5.32 Å². The molecule has 0 aliphatic carbocycles. The summed E-state index contributed by atoms with van der Waals surface area (Å²) in [5, 5.41) is 2.87. The minimum Gasteiger partial charge on any atom is -0.378 e. The van der Waals surface area contributed by atoms with Crippen LogP contribution in [0.2, 0.25) is 0 Å². The highest BCUT2D eigenvalue weighted by Crippen LogP contribution is 2.22. The Morgan fingerprint density at radius 2 is 2.33 bits per heavy atom. The third kappa shape index (κ3) is 3.43. The summed E-state index contributed by atoms with van der Waals surface area (Å²) >= 11 is 3.31. The Morgan fingerprint density at radius 3 is 2.73 bits per heavy atom. The lowest BCUT2D eigenvalue weighted by molar-refractivity contribution is -0.124. The van der Waals surface area contributed by atoms with E-state index in [1.807, 2.05) is 13.8 Å². The standard InChI is InChI=1S/C10H18BrNO3/c1-9(2,11)8(13)12-6-10(14-3)4-5-15-7-10/h4-7H2,1-3H3,(H,12,13). The molecule has 88 valence electrons. The van der Waals surface area contributed by atoms with Gasteiger partial charge in [-0.3, -0.25) is 4.79 Å². The largest absolute Gasteiger partial charge is 0.378 e. The Kier molecular flexibility index (Phi) is 4.14. The molecule has 0 aromatic carbocycles. The first-order chi connectivity index (χ1) is 6.90.